The summed E-state index contributed by atoms with van der Waals surface area (Å²) in [5, 5.41) is 0.724. The second kappa shape index (κ2) is 6.67. The Balaban J connectivity index is 1.79. The number of rotatable bonds is 2. The normalized spacial score (nSPS) is 18.0. The highest BCUT2D eigenvalue weighted by Gasteiger charge is 2.26. The first-order valence-electron chi connectivity index (χ1n) is 7.71. The van der Waals surface area contributed by atoms with E-state index >= 15 is 0 Å². The molecule has 0 radical (unpaired) electrons. The summed E-state index contributed by atoms with van der Waals surface area (Å²) in [6.07, 6.45) is 3.30. The quantitative estimate of drug-likeness (QED) is 0.772. The fourth-order valence-corrected chi connectivity index (χ4v) is 3.46. The molecule has 3 rings (SSSR count). The summed E-state index contributed by atoms with van der Waals surface area (Å²) in [5.74, 6) is -0.475. The Morgan fingerprint density at radius 2 is 2.17 bits per heavy atom. The van der Waals surface area contributed by atoms with Gasteiger partial charge in [0.25, 0.3) is 5.91 Å². The molecule has 1 aliphatic rings. The van der Waals surface area contributed by atoms with Gasteiger partial charge in [0.05, 0.1) is 0 Å². The van der Waals surface area contributed by atoms with E-state index in [2.05, 4.69) is 4.98 Å². The fraction of sp³-hybridized carbons (Fsp3) is 0.333. The van der Waals surface area contributed by atoms with Crippen molar-refractivity contribution in [3.63, 3.8) is 0 Å². The van der Waals surface area contributed by atoms with Crippen molar-refractivity contribution in [1.29, 1.82) is 0 Å². The van der Waals surface area contributed by atoms with Crippen LogP contribution in [0.5, 0.6) is 0 Å². The minimum atomic E-state index is -0.627. The Morgan fingerprint density at radius 3 is 2.91 bits per heavy atom. The third kappa shape index (κ3) is 3.53. The molecule has 1 atom stereocenters. The van der Waals surface area contributed by atoms with Gasteiger partial charge in [0, 0.05) is 41.9 Å². The number of carbonyl (C=O) groups excluding carboxylic acids is 1. The molecule has 0 bridgehead atoms. The van der Waals surface area contributed by atoms with Crippen molar-refractivity contribution in [3.8, 4) is 0 Å². The first-order chi connectivity index (χ1) is 11.0. The lowest BCUT2D eigenvalue weighted by Gasteiger charge is -2.33. The van der Waals surface area contributed by atoms with Crippen LogP contribution in [0.25, 0.3) is 0 Å². The van der Waals surface area contributed by atoms with Crippen molar-refractivity contribution in [2.24, 2.45) is 0 Å². The van der Waals surface area contributed by atoms with E-state index < -0.39 is 5.95 Å². The van der Waals surface area contributed by atoms with Gasteiger partial charge in [0.15, 0.2) is 0 Å². The van der Waals surface area contributed by atoms with Gasteiger partial charge in [-0.3, -0.25) is 4.79 Å². The van der Waals surface area contributed by atoms with Crippen molar-refractivity contribution in [3.05, 3.63) is 64.2 Å². The molecule has 120 valence electrons. The average molecular weight is 333 g/mol. The van der Waals surface area contributed by atoms with Crippen LogP contribution in [0.3, 0.4) is 0 Å². The Kier molecular flexibility index (Phi) is 4.62. The second-order valence-corrected chi connectivity index (χ2v) is 6.39. The lowest BCUT2D eigenvalue weighted by Crippen LogP contribution is -2.39. The number of halogens is 2. The Labute approximate surface area is 140 Å². The molecule has 1 aliphatic heterocycles. The summed E-state index contributed by atoms with van der Waals surface area (Å²) in [6, 6.07) is 8.64. The van der Waals surface area contributed by atoms with Crippen LogP contribution < -0.4 is 0 Å². The Bertz CT molecular complexity index is 735. The van der Waals surface area contributed by atoms with Gasteiger partial charge in [-0.05, 0) is 49.1 Å². The summed E-state index contributed by atoms with van der Waals surface area (Å²) >= 11 is 6.02. The van der Waals surface area contributed by atoms with Gasteiger partial charge in [-0.15, -0.1) is 0 Å². The number of aryl methyl sites for hydroxylation is 1. The largest absolute Gasteiger partial charge is 0.338 e. The molecule has 23 heavy (non-hydrogen) atoms. The maximum Gasteiger partial charge on any atom is 0.254 e. The highest BCUT2D eigenvalue weighted by atomic mass is 35.5. The van der Waals surface area contributed by atoms with Crippen LogP contribution in [0.15, 0.2) is 36.5 Å². The number of nitrogens with zero attached hydrogens (tertiary/aromatic N) is 2. The van der Waals surface area contributed by atoms with Gasteiger partial charge in [-0.1, -0.05) is 17.7 Å². The summed E-state index contributed by atoms with van der Waals surface area (Å²) < 4.78 is 13.2. The first-order valence-corrected chi connectivity index (χ1v) is 8.09. The van der Waals surface area contributed by atoms with Gasteiger partial charge in [-0.25, -0.2) is 4.98 Å². The zero-order chi connectivity index (χ0) is 16.4. The van der Waals surface area contributed by atoms with Crippen LogP contribution in [-0.2, 0) is 0 Å². The Morgan fingerprint density at radius 1 is 1.35 bits per heavy atom. The molecule has 3 nitrogen and oxygen atoms in total. The van der Waals surface area contributed by atoms with Crippen LogP contribution >= 0.6 is 11.6 Å². The zero-order valence-electron chi connectivity index (χ0n) is 12.9. The maximum atomic E-state index is 13.2. The highest BCUT2D eigenvalue weighted by Crippen LogP contribution is 2.31. The van der Waals surface area contributed by atoms with Crippen LogP contribution in [-0.4, -0.2) is 28.9 Å². The van der Waals surface area contributed by atoms with Crippen molar-refractivity contribution in [1.82, 2.24) is 9.88 Å². The lowest BCUT2D eigenvalue weighted by atomic mass is 9.88. The third-order valence-electron chi connectivity index (χ3n) is 4.35. The number of likely N-dealkylation sites (tertiary alicyclic amines) is 1. The number of piperidine rings is 1. The van der Waals surface area contributed by atoms with E-state index in [1.807, 2.05) is 25.1 Å². The third-order valence-corrected chi connectivity index (χ3v) is 4.59. The molecule has 5 heteroatoms. The van der Waals surface area contributed by atoms with E-state index in [4.69, 9.17) is 11.6 Å². The first kappa shape index (κ1) is 15.9. The number of pyridine rings is 1. The van der Waals surface area contributed by atoms with E-state index in [9.17, 15) is 9.18 Å². The van der Waals surface area contributed by atoms with Gasteiger partial charge in [0.1, 0.15) is 0 Å². The number of amides is 1. The highest BCUT2D eigenvalue weighted by molar-refractivity contribution is 6.30. The predicted octanol–water partition coefficient (Wildman–Crippen LogP) is 4.20. The molecule has 1 aromatic carbocycles. The van der Waals surface area contributed by atoms with Crippen LogP contribution in [0.2, 0.25) is 5.02 Å². The summed E-state index contributed by atoms with van der Waals surface area (Å²) in [5.41, 5.74) is 2.73. The van der Waals surface area contributed by atoms with Crippen LogP contribution in [0.1, 0.15) is 40.2 Å². The maximum absolute atomic E-state index is 13.2. The van der Waals surface area contributed by atoms with Crippen molar-refractivity contribution in [2.45, 2.75) is 25.7 Å². The lowest BCUT2D eigenvalue weighted by molar-refractivity contribution is 0.0706. The topological polar surface area (TPSA) is 33.2 Å². The van der Waals surface area contributed by atoms with Gasteiger partial charge in [0.2, 0.25) is 5.95 Å². The van der Waals surface area contributed by atoms with E-state index in [1.54, 1.807) is 11.0 Å². The van der Waals surface area contributed by atoms with E-state index in [-0.39, 0.29) is 11.8 Å². The van der Waals surface area contributed by atoms with Gasteiger partial charge < -0.3 is 4.90 Å². The summed E-state index contributed by atoms with van der Waals surface area (Å²) in [6.45, 7) is 3.39. The number of hydrogen-bond acceptors (Lipinski definition) is 2. The minimum absolute atomic E-state index is 0.136. The molecule has 1 saturated heterocycles. The van der Waals surface area contributed by atoms with E-state index in [0.29, 0.717) is 18.7 Å². The number of carbonyl (C=O) groups is 1. The van der Waals surface area contributed by atoms with Crippen LogP contribution in [0.4, 0.5) is 4.39 Å². The molecule has 0 aliphatic carbocycles. The zero-order valence-corrected chi connectivity index (χ0v) is 13.7. The summed E-state index contributed by atoms with van der Waals surface area (Å²) in [7, 11) is 0. The van der Waals surface area contributed by atoms with Crippen molar-refractivity contribution in [2.75, 3.05) is 13.1 Å². The molecular formula is C18H18ClFN2O. The van der Waals surface area contributed by atoms with E-state index in [1.165, 1.54) is 17.8 Å². The SMILES string of the molecule is Cc1cc(Cl)ccc1C1CCCN(C(=O)c2ccnc(F)c2)C1. The van der Waals surface area contributed by atoms with Crippen molar-refractivity contribution < 1.29 is 9.18 Å². The van der Waals surface area contributed by atoms with E-state index in [0.717, 1.165) is 23.4 Å². The molecule has 0 saturated carbocycles. The molecule has 0 N–H and O–H groups in total. The molecule has 1 unspecified atom stereocenters. The molecule has 1 fully saturated rings. The molecular weight excluding hydrogens is 315 g/mol. The molecule has 2 heterocycles. The Hall–Kier alpha value is -1.94. The molecule has 1 aromatic heterocycles. The molecule has 0 spiro atoms. The second-order valence-electron chi connectivity index (χ2n) is 5.96. The fourth-order valence-electron chi connectivity index (χ4n) is 3.23. The molecule has 2 aromatic rings. The van der Waals surface area contributed by atoms with Crippen molar-refractivity contribution >= 4 is 17.5 Å². The average Bonchev–Trinajstić information content (AvgIpc) is 2.54. The predicted molar refractivity (Wildman–Crippen MR) is 88.3 cm³/mol. The standard InChI is InChI=1S/C18H18ClFN2O/c1-12-9-15(19)4-5-16(12)14-3-2-8-22(11-14)18(23)13-6-7-21-17(20)10-13/h4-7,9-10,14H,2-3,8,11H2,1H3. The number of aromatic nitrogens is 1. The molecule has 1 amide bonds. The van der Waals surface area contributed by atoms with Gasteiger partial charge >= 0.3 is 0 Å². The number of benzene rings is 1. The minimum Gasteiger partial charge on any atom is -0.338 e. The smallest absolute Gasteiger partial charge is 0.254 e. The van der Waals surface area contributed by atoms with Crippen LogP contribution in [0, 0.1) is 12.9 Å². The monoisotopic (exact) mass is 332 g/mol. The van der Waals surface area contributed by atoms with Gasteiger partial charge in [-0.2, -0.15) is 4.39 Å². The summed E-state index contributed by atoms with van der Waals surface area (Å²) in [4.78, 5) is 17.9. The number of hydrogen-bond donors (Lipinski definition) is 0.